The Morgan fingerprint density at radius 2 is 1.91 bits per heavy atom. The van der Waals surface area contributed by atoms with Crippen LogP contribution in [0.25, 0.3) is 11.2 Å². The van der Waals surface area contributed by atoms with Crippen LogP contribution >= 0.6 is 15.9 Å². The fraction of sp³-hybridized carbons (Fsp3) is 0.522. The van der Waals surface area contributed by atoms with Gasteiger partial charge in [0.25, 0.3) is 5.69 Å². The molecule has 0 aliphatic rings. The molecule has 33 heavy (non-hydrogen) atoms. The lowest BCUT2D eigenvalue weighted by molar-refractivity contribution is -0.384. The molecule has 1 aromatic carbocycles. The molecule has 3 aromatic rings. The Bertz CT molecular complexity index is 1040. The lowest BCUT2D eigenvalue weighted by Gasteiger charge is -2.11. The molecule has 0 atom stereocenters. The van der Waals surface area contributed by atoms with E-state index in [1.54, 1.807) is 18.5 Å². The Kier molecular flexibility index (Phi) is 9.41. The first-order chi connectivity index (χ1) is 16.0. The zero-order chi connectivity index (χ0) is 23.6. The van der Waals surface area contributed by atoms with E-state index >= 15 is 0 Å². The molecule has 0 fully saturated rings. The van der Waals surface area contributed by atoms with Crippen LogP contribution in [0, 0.1) is 16.0 Å². The Morgan fingerprint density at radius 3 is 2.61 bits per heavy atom. The predicted octanol–water partition coefficient (Wildman–Crippen LogP) is 5.38. The minimum atomic E-state index is -0.401. The summed E-state index contributed by atoms with van der Waals surface area (Å²) in [5, 5.41) is 15.2. The number of ether oxygens (including phenoxy) is 1. The highest BCUT2D eigenvalue weighted by Crippen LogP contribution is 2.24. The molecule has 0 amide bonds. The van der Waals surface area contributed by atoms with Gasteiger partial charge >= 0.3 is 0 Å². The molecule has 1 N–H and O–H groups in total. The van der Waals surface area contributed by atoms with E-state index in [1.807, 2.05) is 0 Å². The Hall–Kier alpha value is -2.75. The van der Waals surface area contributed by atoms with E-state index in [2.05, 4.69) is 49.6 Å². The number of nitro benzene ring substituents is 1. The Morgan fingerprint density at radius 1 is 1.15 bits per heavy atom. The van der Waals surface area contributed by atoms with Gasteiger partial charge in [-0.2, -0.15) is 9.97 Å². The van der Waals surface area contributed by atoms with Crippen molar-refractivity contribution in [1.82, 2.24) is 19.5 Å². The predicted molar refractivity (Wildman–Crippen MR) is 133 cm³/mol. The first kappa shape index (κ1) is 24.9. The molecular formula is C23H31BrN6O3. The molecule has 0 saturated heterocycles. The van der Waals surface area contributed by atoms with Crippen LogP contribution in [-0.2, 0) is 13.0 Å². The molecule has 178 valence electrons. The van der Waals surface area contributed by atoms with Crippen LogP contribution in [0.2, 0.25) is 0 Å². The van der Waals surface area contributed by atoms with Crippen molar-refractivity contribution in [3.05, 3.63) is 46.3 Å². The zero-order valence-corrected chi connectivity index (χ0v) is 20.8. The quantitative estimate of drug-likeness (QED) is 0.132. The van der Waals surface area contributed by atoms with Crippen molar-refractivity contribution in [3.63, 3.8) is 0 Å². The van der Waals surface area contributed by atoms with Crippen molar-refractivity contribution in [2.24, 2.45) is 5.92 Å². The fourth-order valence-corrected chi connectivity index (χ4v) is 3.73. The summed E-state index contributed by atoms with van der Waals surface area (Å²) in [7, 11) is 0. The van der Waals surface area contributed by atoms with E-state index in [-0.39, 0.29) is 5.69 Å². The number of alkyl halides is 1. The number of aryl methyl sites for hydroxylation is 1. The van der Waals surface area contributed by atoms with Crippen LogP contribution in [-0.4, -0.2) is 42.9 Å². The first-order valence-electron chi connectivity index (χ1n) is 11.4. The lowest BCUT2D eigenvalue weighted by atomic mass is 10.1. The maximum absolute atomic E-state index is 10.8. The number of nitro groups is 1. The van der Waals surface area contributed by atoms with Crippen LogP contribution in [0.4, 0.5) is 11.6 Å². The zero-order valence-electron chi connectivity index (χ0n) is 19.2. The number of fused-ring (bicyclic) bond motifs is 1. The summed E-state index contributed by atoms with van der Waals surface area (Å²) in [6.07, 6.45) is 7.01. The number of nitrogens with one attached hydrogen (secondary N) is 1. The maximum Gasteiger partial charge on any atom is 0.269 e. The van der Waals surface area contributed by atoms with Crippen LogP contribution in [0.5, 0.6) is 5.88 Å². The second-order valence-corrected chi connectivity index (χ2v) is 9.16. The van der Waals surface area contributed by atoms with Gasteiger partial charge in [-0.15, -0.1) is 0 Å². The molecule has 0 aliphatic carbocycles. The third-order valence-electron chi connectivity index (χ3n) is 5.16. The van der Waals surface area contributed by atoms with E-state index in [4.69, 9.17) is 9.72 Å². The van der Waals surface area contributed by atoms with E-state index < -0.39 is 4.92 Å². The van der Waals surface area contributed by atoms with E-state index in [9.17, 15) is 10.1 Å². The van der Waals surface area contributed by atoms with Crippen molar-refractivity contribution >= 4 is 38.7 Å². The molecule has 0 unspecified atom stereocenters. The molecule has 3 rings (SSSR count). The highest BCUT2D eigenvalue weighted by Gasteiger charge is 2.15. The van der Waals surface area contributed by atoms with Crippen molar-refractivity contribution in [2.45, 2.75) is 52.5 Å². The normalized spacial score (nSPS) is 11.3. The topological polar surface area (TPSA) is 108 Å². The number of non-ortho nitro benzene ring substituents is 1. The number of aromatic nitrogens is 4. The average molecular weight is 519 g/mol. The Balaban J connectivity index is 1.71. The van der Waals surface area contributed by atoms with Crippen LogP contribution in [0.3, 0.4) is 0 Å². The number of unbranched alkanes of at least 4 members (excludes halogenated alkanes) is 3. The van der Waals surface area contributed by atoms with Gasteiger partial charge in [-0.1, -0.05) is 54.8 Å². The maximum atomic E-state index is 10.8. The van der Waals surface area contributed by atoms with Gasteiger partial charge in [0.15, 0.2) is 11.2 Å². The van der Waals surface area contributed by atoms with Crippen molar-refractivity contribution in [3.8, 4) is 5.88 Å². The number of anilines is 1. The number of benzene rings is 1. The molecule has 2 aromatic heterocycles. The summed E-state index contributed by atoms with van der Waals surface area (Å²) in [4.78, 5) is 24.2. The minimum absolute atomic E-state index is 0.0794. The molecule has 0 bridgehead atoms. The van der Waals surface area contributed by atoms with Gasteiger partial charge in [-0.3, -0.25) is 10.1 Å². The molecule has 0 spiro atoms. The third kappa shape index (κ3) is 7.38. The van der Waals surface area contributed by atoms with Gasteiger partial charge in [-0.05, 0) is 24.3 Å². The van der Waals surface area contributed by atoms with E-state index in [1.165, 1.54) is 25.0 Å². The largest absolute Gasteiger partial charge is 0.476 e. The van der Waals surface area contributed by atoms with Crippen molar-refractivity contribution in [2.75, 3.05) is 23.8 Å². The highest BCUT2D eigenvalue weighted by atomic mass is 79.9. The van der Waals surface area contributed by atoms with Crippen molar-refractivity contribution in [1.29, 1.82) is 0 Å². The molecule has 0 saturated carbocycles. The molecule has 10 heteroatoms. The summed E-state index contributed by atoms with van der Waals surface area (Å²) in [6, 6.07) is 6.51. The van der Waals surface area contributed by atoms with Crippen LogP contribution < -0.4 is 10.1 Å². The summed E-state index contributed by atoms with van der Waals surface area (Å²) in [6.45, 7) is 6.25. The third-order valence-corrected chi connectivity index (χ3v) is 5.72. The number of nitrogens with zero attached hydrogens (tertiary/aromatic N) is 5. The standard InChI is InChI=1S/C23H31BrN6O3/c1-17(2)15-25-23-27-21-20(26-16-29(21)13-6-4-3-5-12-24)22(28-23)33-14-11-18-7-9-19(10-8-18)30(31)32/h7-10,16-17H,3-6,11-15H2,1-2H3,(H,25,27,28). The molecule has 0 radical (unpaired) electrons. The molecule has 0 aliphatic heterocycles. The monoisotopic (exact) mass is 518 g/mol. The van der Waals surface area contributed by atoms with Gasteiger partial charge < -0.3 is 14.6 Å². The molecular weight excluding hydrogens is 488 g/mol. The summed E-state index contributed by atoms with van der Waals surface area (Å²) < 4.78 is 8.08. The van der Waals surface area contributed by atoms with Gasteiger partial charge in [0.1, 0.15) is 0 Å². The van der Waals surface area contributed by atoms with Crippen molar-refractivity contribution < 1.29 is 9.66 Å². The van der Waals surface area contributed by atoms with E-state index in [0.717, 1.165) is 42.5 Å². The summed E-state index contributed by atoms with van der Waals surface area (Å²) >= 11 is 3.48. The summed E-state index contributed by atoms with van der Waals surface area (Å²) in [5.41, 5.74) is 2.45. The average Bonchev–Trinajstić information content (AvgIpc) is 3.21. The van der Waals surface area contributed by atoms with Gasteiger partial charge in [0.05, 0.1) is 17.9 Å². The van der Waals surface area contributed by atoms with Crippen LogP contribution in [0.1, 0.15) is 45.1 Å². The van der Waals surface area contributed by atoms with Gasteiger partial charge in [0, 0.05) is 37.0 Å². The Labute approximate surface area is 202 Å². The molecule has 9 nitrogen and oxygen atoms in total. The first-order valence-corrected chi connectivity index (χ1v) is 12.5. The van der Waals surface area contributed by atoms with Crippen LogP contribution in [0.15, 0.2) is 30.6 Å². The van der Waals surface area contributed by atoms with Gasteiger partial charge in [-0.25, -0.2) is 4.98 Å². The number of halogens is 1. The van der Waals surface area contributed by atoms with E-state index in [0.29, 0.717) is 36.3 Å². The second-order valence-electron chi connectivity index (χ2n) is 8.36. The number of hydrogen-bond donors (Lipinski definition) is 1. The number of hydrogen-bond acceptors (Lipinski definition) is 7. The summed E-state index contributed by atoms with van der Waals surface area (Å²) in [5.74, 6) is 1.43. The molecule has 2 heterocycles. The number of rotatable bonds is 14. The van der Waals surface area contributed by atoms with Gasteiger partial charge in [0.2, 0.25) is 11.8 Å². The SMILES string of the molecule is CC(C)CNc1nc(OCCc2ccc([N+](=O)[O-])cc2)c2ncn(CCCCCCBr)c2n1. The smallest absolute Gasteiger partial charge is 0.269 e. The lowest BCUT2D eigenvalue weighted by Crippen LogP contribution is -2.12. The fourth-order valence-electron chi connectivity index (χ4n) is 3.34. The minimum Gasteiger partial charge on any atom is -0.476 e. The highest BCUT2D eigenvalue weighted by molar-refractivity contribution is 9.09. The second kappa shape index (κ2) is 12.5. The number of imidazole rings is 1.